The Morgan fingerprint density at radius 2 is 2.12 bits per heavy atom. The number of fused-ring (bicyclic) bond motifs is 1. The fourth-order valence-corrected chi connectivity index (χ4v) is 3.44. The van der Waals surface area contributed by atoms with Crippen LogP contribution in [0.15, 0.2) is 29.1 Å². The molecule has 24 heavy (non-hydrogen) atoms. The van der Waals surface area contributed by atoms with Gasteiger partial charge >= 0.3 is 6.18 Å². The average Bonchev–Trinajstić information content (AvgIpc) is 3.01. The fraction of sp³-hybridized carbons (Fsp3) is 0.471. The molecule has 1 aromatic carbocycles. The second kappa shape index (κ2) is 6.12. The number of aromatic nitrogens is 1. The van der Waals surface area contributed by atoms with E-state index in [9.17, 15) is 23.1 Å². The van der Waals surface area contributed by atoms with E-state index >= 15 is 0 Å². The summed E-state index contributed by atoms with van der Waals surface area (Å²) in [5.74, 6) is 0. The van der Waals surface area contributed by atoms with Crippen LogP contribution in [-0.2, 0) is 6.42 Å². The molecule has 0 saturated carbocycles. The SMILES string of the molecule is CCc1cc(=O)[nH]c2ccc(N3CCCC3[C@@H](O)C(F)(F)F)cc12. The summed E-state index contributed by atoms with van der Waals surface area (Å²) in [5, 5.41) is 10.5. The number of halogens is 3. The molecule has 2 N–H and O–H groups in total. The van der Waals surface area contributed by atoms with Gasteiger partial charge < -0.3 is 15.0 Å². The molecule has 2 heterocycles. The quantitative estimate of drug-likeness (QED) is 0.903. The number of H-pyrrole nitrogens is 1. The number of pyridine rings is 1. The van der Waals surface area contributed by atoms with Crippen LogP contribution in [-0.4, -0.2) is 35.0 Å². The monoisotopic (exact) mass is 340 g/mol. The van der Waals surface area contributed by atoms with Crippen LogP contribution < -0.4 is 10.5 Å². The van der Waals surface area contributed by atoms with Gasteiger partial charge in [-0.25, -0.2) is 0 Å². The Morgan fingerprint density at radius 3 is 2.79 bits per heavy atom. The zero-order valence-electron chi connectivity index (χ0n) is 13.2. The van der Waals surface area contributed by atoms with E-state index in [1.165, 1.54) is 6.07 Å². The van der Waals surface area contributed by atoms with Gasteiger partial charge in [0.15, 0.2) is 6.10 Å². The predicted octanol–water partition coefficient (Wildman–Crippen LogP) is 2.98. The van der Waals surface area contributed by atoms with Crippen molar-refractivity contribution in [2.75, 3.05) is 11.4 Å². The van der Waals surface area contributed by atoms with Crippen molar-refractivity contribution in [3.63, 3.8) is 0 Å². The fourth-order valence-electron chi connectivity index (χ4n) is 3.44. The normalized spacial score (nSPS) is 19.9. The van der Waals surface area contributed by atoms with Crippen molar-refractivity contribution in [3.05, 3.63) is 40.2 Å². The van der Waals surface area contributed by atoms with Crippen LogP contribution in [0.4, 0.5) is 18.9 Å². The summed E-state index contributed by atoms with van der Waals surface area (Å²) < 4.78 is 38.7. The van der Waals surface area contributed by atoms with Crippen LogP contribution in [0, 0.1) is 0 Å². The maximum atomic E-state index is 12.9. The second-order valence-corrected chi connectivity index (χ2v) is 6.13. The highest BCUT2D eigenvalue weighted by Gasteiger charge is 2.47. The largest absolute Gasteiger partial charge is 0.416 e. The van der Waals surface area contributed by atoms with E-state index in [1.54, 1.807) is 23.1 Å². The molecule has 0 amide bonds. The van der Waals surface area contributed by atoms with Gasteiger partial charge in [-0.05, 0) is 43.0 Å². The van der Waals surface area contributed by atoms with E-state index in [0.717, 1.165) is 10.9 Å². The first-order chi connectivity index (χ1) is 11.3. The minimum absolute atomic E-state index is 0.196. The summed E-state index contributed by atoms with van der Waals surface area (Å²) >= 11 is 0. The highest BCUT2D eigenvalue weighted by Crippen LogP contribution is 2.35. The molecular weight excluding hydrogens is 321 g/mol. The summed E-state index contributed by atoms with van der Waals surface area (Å²) in [4.78, 5) is 16.0. The summed E-state index contributed by atoms with van der Waals surface area (Å²) in [5.41, 5.74) is 1.95. The van der Waals surface area contributed by atoms with Crippen molar-refractivity contribution in [1.29, 1.82) is 0 Å². The van der Waals surface area contributed by atoms with Crippen molar-refractivity contribution in [2.24, 2.45) is 0 Å². The first-order valence-electron chi connectivity index (χ1n) is 7.98. The molecule has 0 aliphatic carbocycles. The molecule has 0 radical (unpaired) electrons. The van der Waals surface area contributed by atoms with Crippen molar-refractivity contribution in [1.82, 2.24) is 4.98 Å². The maximum absolute atomic E-state index is 12.9. The number of aliphatic hydroxyl groups is 1. The Morgan fingerprint density at radius 1 is 1.38 bits per heavy atom. The lowest BCUT2D eigenvalue weighted by Crippen LogP contribution is -2.47. The molecule has 2 aromatic rings. The van der Waals surface area contributed by atoms with Crippen LogP contribution in [0.3, 0.4) is 0 Å². The number of rotatable bonds is 3. The molecular formula is C17H19F3N2O2. The minimum atomic E-state index is -4.63. The molecule has 1 aliphatic rings. The Labute approximate surface area is 136 Å². The molecule has 0 bridgehead atoms. The molecule has 1 saturated heterocycles. The second-order valence-electron chi connectivity index (χ2n) is 6.13. The number of anilines is 1. The lowest BCUT2D eigenvalue weighted by molar-refractivity contribution is -0.209. The number of nitrogens with zero attached hydrogens (tertiary/aromatic N) is 1. The number of nitrogens with one attached hydrogen (secondary N) is 1. The third kappa shape index (κ3) is 3.00. The van der Waals surface area contributed by atoms with E-state index in [0.29, 0.717) is 37.0 Å². The number of aromatic amines is 1. The molecule has 0 spiro atoms. The van der Waals surface area contributed by atoms with E-state index in [2.05, 4.69) is 4.98 Å². The maximum Gasteiger partial charge on any atom is 0.416 e. The minimum Gasteiger partial charge on any atom is -0.382 e. The van der Waals surface area contributed by atoms with Crippen LogP contribution in [0.1, 0.15) is 25.3 Å². The van der Waals surface area contributed by atoms with Crippen molar-refractivity contribution in [2.45, 2.75) is 44.5 Å². The zero-order chi connectivity index (χ0) is 17.5. The number of aliphatic hydroxyl groups excluding tert-OH is 1. The van der Waals surface area contributed by atoms with Crippen molar-refractivity contribution in [3.8, 4) is 0 Å². The third-order valence-corrected chi connectivity index (χ3v) is 4.62. The molecule has 2 atom stereocenters. The first kappa shape index (κ1) is 16.8. The molecule has 4 nitrogen and oxygen atoms in total. The zero-order valence-corrected chi connectivity index (χ0v) is 13.2. The van der Waals surface area contributed by atoms with Gasteiger partial charge in [-0.15, -0.1) is 0 Å². The molecule has 1 aromatic heterocycles. The van der Waals surface area contributed by atoms with Gasteiger partial charge in [-0.1, -0.05) is 6.92 Å². The average molecular weight is 340 g/mol. The highest BCUT2D eigenvalue weighted by atomic mass is 19.4. The van der Waals surface area contributed by atoms with Gasteiger partial charge in [-0.2, -0.15) is 13.2 Å². The summed E-state index contributed by atoms with van der Waals surface area (Å²) in [7, 11) is 0. The van der Waals surface area contributed by atoms with Crippen LogP contribution in [0.2, 0.25) is 0 Å². The summed E-state index contributed by atoms with van der Waals surface area (Å²) in [6.07, 6.45) is -5.45. The predicted molar refractivity (Wildman–Crippen MR) is 86.4 cm³/mol. The highest BCUT2D eigenvalue weighted by molar-refractivity contribution is 5.85. The Kier molecular flexibility index (Phi) is 4.29. The molecule has 3 rings (SSSR count). The smallest absolute Gasteiger partial charge is 0.382 e. The van der Waals surface area contributed by atoms with Crippen molar-refractivity contribution < 1.29 is 18.3 Å². The van der Waals surface area contributed by atoms with E-state index in [-0.39, 0.29) is 5.56 Å². The summed E-state index contributed by atoms with van der Waals surface area (Å²) in [6.45, 7) is 2.39. The number of hydrogen-bond acceptors (Lipinski definition) is 3. The molecule has 1 unspecified atom stereocenters. The van der Waals surface area contributed by atoms with Crippen LogP contribution in [0.25, 0.3) is 10.9 Å². The molecule has 1 aliphatic heterocycles. The number of aryl methyl sites for hydroxylation is 1. The van der Waals surface area contributed by atoms with Crippen LogP contribution in [0.5, 0.6) is 0 Å². The molecule has 130 valence electrons. The number of alkyl halides is 3. The van der Waals surface area contributed by atoms with Gasteiger partial charge in [0.2, 0.25) is 5.56 Å². The van der Waals surface area contributed by atoms with Crippen molar-refractivity contribution >= 4 is 16.6 Å². The van der Waals surface area contributed by atoms with Crippen LogP contribution >= 0.6 is 0 Å². The van der Waals surface area contributed by atoms with E-state index in [1.807, 2.05) is 6.92 Å². The topological polar surface area (TPSA) is 56.3 Å². The Bertz CT molecular complexity index is 801. The van der Waals surface area contributed by atoms with Gasteiger partial charge in [0.05, 0.1) is 6.04 Å². The lowest BCUT2D eigenvalue weighted by Gasteiger charge is -2.31. The number of benzene rings is 1. The Hall–Kier alpha value is -2.02. The Balaban J connectivity index is 2.02. The lowest BCUT2D eigenvalue weighted by atomic mass is 10.0. The first-order valence-corrected chi connectivity index (χ1v) is 7.98. The van der Waals surface area contributed by atoms with Gasteiger partial charge in [0, 0.05) is 29.2 Å². The van der Waals surface area contributed by atoms with Gasteiger partial charge in [-0.3, -0.25) is 4.79 Å². The summed E-state index contributed by atoms with van der Waals surface area (Å²) in [6, 6.07) is 5.74. The number of hydrogen-bond donors (Lipinski definition) is 2. The van der Waals surface area contributed by atoms with E-state index < -0.39 is 18.3 Å². The van der Waals surface area contributed by atoms with E-state index in [4.69, 9.17) is 0 Å². The molecule has 7 heteroatoms. The molecule has 1 fully saturated rings. The third-order valence-electron chi connectivity index (χ3n) is 4.62. The van der Waals surface area contributed by atoms with Gasteiger partial charge in [0.25, 0.3) is 0 Å². The van der Waals surface area contributed by atoms with Gasteiger partial charge in [0.1, 0.15) is 0 Å². The standard InChI is InChI=1S/C17H19F3N2O2/c1-2-10-8-15(23)21-13-6-5-11(9-12(10)13)22-7-3-4-14(22)16(24)17(18,19)20/h5-6,8-9,14,16,24H,2-4,7H2,1H3,(H,21,23)/t14?,16-/m1/s1.